The molecule has 0 atom stereocenters. The molecule has 1 heterocycles. The van der Waals surface area contributed by atoms with Crippen molar-refractivity contribution in [2.75, 3.05) is 12.0 Å². The standard InChI is InChI=1S/C12H13N3OS2/c1-15-12(13-8-14-15)18-7-11(16)9-3-5-10(17-2)6-4-9/h3-6,8H,7H2,1-2H3. The number of nitrogens with zero attached hydrogens (tertiary/aromatic N) is 3. The summed E-state index contributed by atoms with van der Waals surface area (Å²) >= 11 is 3.07. The van der Waals surface area contributed by atoms with Crippen molar-refractivity contribution in [1.82, 2.24) is 14.8 Å². The molecule has 0 spiro atoms. The Hall–Kier alpha value is -1.27. The summed E-state index contributed by atoms with van der Waals surface area (Å²) in [5, 5.41) is 4.71. The van der Waals surface area contributed by atoms with Gasteiger partial charge in [0.2, 0.25) is 0 Å². The summed E-state index contributed by atoms with van der Waals surface area (Å²) in [4.78, 5) is 17.2. The van der Waals surface area contributed by atoms with E-state index in [1.807, 2.05) is 37.6 Å². The van der Waals surface area contributed by atoms with Gasteiger partial charge in [0.1, 0.15) is 6.33 Å². The fourth-order valence-electron chi connectivity index (χ4n) is 1.41. The van der Waals surface area contributed by atoms with Crippen molar-refractivity contribution in [3.8, 4) is 0 Å². The number of hydrogen-bond donors (Lipinski definition) is 0. The van der Waals surface area contributed by atoms with Crippen LogP contribution in [0, 0.1) is 0 Å². The molecule has 1 aromatic carbocycles. The zero-order valence-corrected chi connectivity index (χ0v) is 11.8. The largest absolute Gasteiger partial charge is 0.293 e. The third-order valence-electron chi connectivity index (χ3n) is 2.41. The van der Waals surface area contributed by atoms with Gasteiger partial charge in [-0.3, -0.25) is 4.79 Å². The highest BCUT2D eigenvalue weighted by Gasteiger charge is 2.09. The molecular formula is C12H13N3OS2. The Morgan fingerprint density at radius 2 is 2.06 bits per heavy atom. The van der Waals surface area contributed by atoms with Crippen molar-refractivity contribution in [3.05, 3.63) is 36.2 Å². The Balaban J connectivity index is 1.97. The molecule has 94 valence electrons. The van der Waals surface area contributed by atoms with Gasteiger partial charge in [0.15, 0.2) is 10.9 Å². The monoisotopic (exact) mass is 279 g/mol. The first-order valence-electron chi connectivity index (χ1n) is 5.35. The molecule has 0 radical (unpaired) electrons. The maximum atomic E-state index is 12.0. The molecule has 2 aromatic rings. The van der Waals surface area contributed by atoms with Gasteiger partial charge < -0.3 is 0 Å². The SMILES string of the molecule is CSc1ccc(C(=O)CSc2ncnn2C)cc1. The predicted octanol–water partition coefficient (Wildman–Crippen LogP) is 2.51. The van der Waals surface area contributed by atoms with Gasteiger partial charge in [-0.2, -0.15) is 5.10 Å². The number of thioether (sulfide) groups is 2. The summed E-state index contributed by atoms with van der Waals surface area (Å²) in [7, 11) is 1.81. The second-order valence-corrected chi connectivity index (χ2v) is 5.43. The van der Waals surface area contributed by atoms with E-state index >= 15 is 0 Å². The number of hydrogen-bond acceptors (Lipinski definition) is 5. The molecule has 0 aliphatic heterocycles. The van der Waals surface area contributed by atoms with Crippen LogP contribution in [0.3, 0.4) is 0 Å². The van der Waals surface area contributed by atoms with Gasteiger partial charge >= 0.3 is 0 Å². The Morgan fingerprint density at radius 3 is 2.61 bits per heavy atom. The van der Waals surface area contributed by atoms with Crippen LogP contribution in [-0.2, 0) is 7.05 Å². The predicted molar refractivity (Wildman–Crippen MR) is 74.3 cm³/mol. The quantitative estimate of drug-likeness (QED) is 0.621. The van der Waals surface area contributed by atoms with E-state index in [9.17, 15) is 4.79 Å². The summed E-state index contributed by atoms with van der Waals surface area (Å²) in [6.45, 7) is 0. The average molecular weight is 279 g/mol. The summed E-state index contributed by atoms with van der Waals surface area (Å²) in [6.07, 6.45) is 3.50. The molecule has 1 aromatic heterocycles. The van der Waals surface area contributed by atoms with Crippen LogP contribution in [0.15, 0.2) is 40.6 Å². The van der Waals surface area contributed by atoms with E-state index in [0.29, 0.717) is 5.75 Å². The topological polar surface area (TPSA) is 47.8 Å². The average Bonchev–Trinajstić information content (AvgIpc) is 2.81. The van der Waals surface area contributed by atoms with Crippen molar-refractivity contribution >= 4 is 29.3 Å². The van der Waals surface area contributed by atoms with Crippen LogP contribution in [-0.4, -0.2) is 32.6 Å². The first kappa shape index (κ1) is 13.2. The minimum atomic E-state index is 0.107. The number of aryl methyl sites for hydroxylation is 1. The second kappa shape index (κ2) is 6.06. The van der Waals surface area contributed by atoms with Gasteiger partial charge in [-0.15, -0.1) is 11.8 Å². The van der Waals surface area contributed by atoms with Crippen molar-refractivity contribution in [2.45, 2.75) is 10.1 Å². The van der Waals surface area contributed by atoms with Crippen molar-refractivity contribution in [3.63, 3.8) is 0 Å². The lowest BCUT2D eigenvalue weighted by atomic mass is 10.1. The molecule has 0 aliphatic rings. The molecule has 0 bridgehead atoms. The van der Waals surface area contributed by atoms with Gasteiger partial charge in [-0.25, -0.2) is 9.67 Å². The number of benzene rings is 1. The van der Waals surface area contributed by atoms with Crippen LogP contribution in [0.25, 0.3) is 0 Å². The molecule has 0 fully saturated rings. The second-order valence-electron chi connectivity index (χ2n) is 3.61. The zero-order chi connectivity index (χ0) is 13.0. The molecule has 0 saturated heterocycles. The summed E-state index contributed by atoms with van der Waals surface area (Å²) < 4.78 is 1.66. The number of Topliss-reactive ketones (excluding diaryl/α,β-unsaturated/α-hetero) is 1. The smallest absolute Gasteiger partial charge is 0.186 e. The summed E-state index contributed by atoms with van der Waals surface area (Å²) in [6, 6.07) is 7.66. The maximum absolute atomic E-state index is 12.0. The van der Waals surface area contributed by atoms with Gasteiger partial charge in [-0.1, -0.05) is 23.9 Å². The normalized spacial score (nSPS) is 10.6. The minimum Gasteiger partial charge on any atom is -0.293 e. The molecule has 6 heteroatoms. The van der Waals surface area contributed by atoms with E-state index in [2.05, 4.69) is 10.1 Å². The fraction of sp³-hybridized carbons (Fsp3) is 0.250. The summed E-state index contributed by atoms with van der Waals surface area (Å²) in [5.41, 5.74) is 0.738. The number of rotatable bonds is 5. The van der Waals surface area contributed by atoms with Crippen LogP contribution in [0.1, 0.15) is 10.4 Å². The van der Waals surface area contributed by atoms with Crippen LogP contribution >= 0.6 is 23.5 Å². The van der Waals surface area contributed by atoms with E-state index in [4.69, 9.17) is 0 Å². The Morgan fingerprint density at radius 1 is 1.33 bits per heavy atom. The molecule has 2 rings (SSSR count). The van der Waals surface area contributed by atoms with Gasteiger partial charge in [-0.05, 0) is 18.4 Å². The number of aromatic nitrogens is 3. The molecule has 0 amide bonds. The number of ketones is 1. The molecule has 0 saturated carbocycles. The maximum Gasteiger partial charge on any atom is 0.186 e. The van der Waals surface area contributed by atoms with Crippen LogP contribution < -0.4 is 0 Å². The minimum absolute atomic E-state index is 0.107. The van der Waals surface area contributed by atoms with Crippen molar-refractivity contribution in [1.29, 1.82) is 0 Å². The van der Waals surface area contributed by atoms with Gasteiger partial charge in [0.25, 0.3) is 0 Å². The molecule has 0 unspecified atom stereocenters. The molecule has 0 N–H and O–H groups in total. The highest BCUT2D eigenvalue weighted by molar-refractivity contribution is 7.99. The highest BCUT2D eigenvalue weighted by Crippen LogP contribution is 2.18. The van der Waals surface area contributed by atoms with Crippen LogP contribution in [0.5, 0.6) is 0 Å². The van der Waals surface area contributed by atoms with Crippen LogP contribution in [0.4, 0.5) is 0 Å². The van der Waals surface area contributed by atoms with E-state index < -0.39 is 0 Å². The van der Waals surface area contributed by atoms with E-state index in [1.54, 1.807) is 16.4 Å². The third kappa shape index (κ3) is 3.14. The van der Waals surface area contributed by atoms with Gasteiger partial charge in [0.05, 0.1) is 5.75 Å². The molecule has 4 nitrogen and oxygen atoms in total. The number of carbonyl (C=O) groups is 1. The highest BCUT2D eigenvalue weighted by atomic mass is 32.2. The number of carbonyl (C=O) groups excluding carboxylic acids is 1. The fourth-order valence-corrected chi connectivity index (χ4v) is 2.60. The summed E-state index contributed by atoms with van der Waals surface area (Å²) in [5.74, 6) is 0.487. The lowest BCUT2D eigenvalue weighted by Crippen LogP contribution is -2.03. The van der Waals surface area contributed by atoms with E-state index in [-0.39, 0.29) is 5.78 Å². The lowest BCUT2D eigenvalue weighted by Gasteiger charge is -2.02. The third-order valence-corrected chi connectivity index (χ3v) is 4.19. The molecule has 0 aliphatic carbocycles. The van der Waals surface area contributed by atoms with Gasteiger partial charge in [0, 0.05) is 17.5 Å². The van der Waals surface area contributed by atoms with E-state index in [1.165, 1.54) is 18.1 Å². The Bertz CT molecular complexity index is 537. The van der Waals surface area contributed by atoms with Crippen LogP contribution in [0.2, 0.25) is 0 Å². The Labute approximate surface area is 114 Å². The lowest BCUT2D eigenvalue weighted by molar-refractivity contribution is 0.102. The van der Waals surface area contributed by atoms with Crippen molar-refractivity contribution < 1.29 is 4.79 Å². The molecule has 18 heavy (non-hydrogen) atoms. The van der Waals surface area contributed by atoms with E-state index in [0.717, 1.165) is 15.6 Å². The molecular weight excluding hydrogens is 266 g/mol. The first-order chi connectivity index (χ1) is 8.70. The van der Waals surface area contributed by atoms with Crippen molar-refractivity contribution in [2.24, 2.45) is 7.05 Å². The zero-order valence-electron chi connectivity index (χ0n) is 10.2. The Kier molecular flexibility index (Phi) is 4.43. The first-order valence-corrected chi connectivity index (χ1v) is 7.56.